The van der Waals surface area contributed by atoms with Gasteiger partial charge in [-0.05, 0) is 12.1 Å². The van der Waals surface area contributed by atoms with Crippen molar-refractivity contribution in [1.82, 2.24) is 0 Å². The number of nitrogens with zero attached hydrogens (tertiary/aromatic N) is 1. The zero-order chi connectivity index (χ0) is 14.5. The van der Waals surface area contributed by atoms with E-state index < -0.39 is 27.1 Å². The van der Waals surface area contributed by atoms with Crippen molar-refractivity contribution >= 4 is 15.6 Å². The van der Waals surface area contributed by atoms with Crippen LogP contribution >= 0.6 is 0 Å². The number of ether oxygens (including phenoxy) is 2. The van der Waals surface area contributed by atoms with Crippen molar-refractivity contribution in [2.75, 3.05) is 25.7 Å². The maximum absolute atomic E-state index is 11.9. The molecule has 0 heterocycles. The Morgan fingerprint density at radius 1 is 1.32 bits per heavy atom. The Hall–Kier alpha value is -2.07. The van der Waals surface area contributed by atoms with Crippen LogP contribution in [0.4, 0.5) is 0 Å². The topological polar surface area (TPSA) is 93.5 Å². The third-order valence-electron chi connectivity index (χ3n) is 2.34. The molecule has 0 aliphatic carbocycles. The van der Waals surface area contributed by atoms with Gasteiger partial charge >= 0.3 is 0 Å². The van der Waals surface area contributed by atoms with Gasteiger partial charge in [-0.1, -0.05) is 0 Å². The van der Waals surface area contributed by atoms with Crippen LogP contribution in [-0.2, 0) is 9.84 Å². The second-order valence-electron chi connectivity index (χ2n) is 3.68. The number of ketones is 1. The number of methoxy groups -OCH3 is 2. The van der Waals surface area contributed by atoms with Crippen LogP contribution < -0.4 is 9.47 Å². The molecule has 1 rings (SSSR count). The standard InChI is InChI=1S/C12H13NO5S/c1-17-9-3-4-10(12(7-9)18-2)11(14)8-19(15,16)6-5-13/h3-4,7H,6,8H2,1-2H3. The largest absolute Gasteiger partial charge is 0.497 e. The molecule has 0 atom stereocenters. The molecule has 0 spiro atoms. The van der Waals surface area contributed by atoms with Crippen LogP contribution in [0.5, 0.6) is 11.5 Å². The van der Waals surface area contributed by atoms with Crippen molar-refractivity contribution in [3.8, 4) is 17.6 Å². The Kier molecular flexibility index (Phi) is 4.89. The van der Waals surface area contributed by atoms with Crippen molar-refractivity contribution in [3.05, 3.63) is 23.8 Å². The van der Waals surface area contributed by atoms with Crippen LogP contribution in [0.3, 0.4) is 0 Å². The van der Waals surface area contributed by atoms with Gasteiger partial charge in [0.05, 0.1) is 25.9 Å². The van der Waals surface area contributed by atoms with Crippen molar-refractivity contribution in [1.29, 1.82) is 5.26 Å². The number of carbonyl (C=O) groups is 1. The van der Waals surface area contributed by atoms with Crippen molar-refractivity contribution in [2.24, 2.45) is 0 Å². The van der Waals surface area contributed by atoms with Crippen molar-refractivity contribution in [3.63, 3.8) is 0 Å². The summed E-state index contributed by atoms with van der Waals surface area (Å²) >= 11 is 0. The fraction of sp³-hybridized carbons (Fsp3) is 0.333. The molecular formula is C12H13NO5S. The highest BCUT2D eigenvalue weighted by Gasteiger charge is 2.20. The Morgan fingerprint density at radius 2 is 2.00 bits per heavy atom. The second-order valence-corrected chi connectivity index (χ2v) is 5.74. The predicted molar refractivity (Wildman–Crippen MR) is 68.1 cm³/mol. The van der Waals surface area contributed by atoms with Crippen LogP contribution in [0.2, 0.25) is 0 Å². The van der Waals surface area contributed by atoms with Gasteiger partial charge in [0.25, 0.3) is 0 Å². The van der Waals surface area contributed by atoms with Crippen molar-refractivity contribution < 1.29 is 22.7 Å². The monoisotopic (exact) mass is 283 g/mol. The molecule has 0 aliphatic heterocycles. The number of hydrogen-bond donors (Lipinski definition) is 0. The molecule has 0 saturated heterocycles. The van der Waals surface area contributed by atoms with Crippen LogP contribution in [0, 0.1) is 11.3 Å². The number of sulfone groups is 1. The SMILES string of the molecule is COc1ccc(C(=O)CS(=O)(=O)CC#N)c(OC)c1. The lowest BCUT2D eigenvalue weighted by atomic mass is 10.1. The van der Waals surface area contributed by atoms with Crippen LogP contribution in [-0.4, -0.2) is 39.9 Å². The van der Waals surface area contributed by atoms with Crippen LogP contribution in [0.15, 0.2) is 18.2 Å². The van der Waals surface area contributed by atoms with Crippen LogP contribution in [0.25, 0.3) is 0 Å². The third-order valence-corrected chi connectivity index (χ3v) is 3.62. The van der Waals surface area contributed by atoms with Crippen molar-refractivity contribution in [2.45, 2.75) is 0 Å². The fourth-order valence-electron chi connectivity index (χ4n) is 1.46. The first kappa shape index (κ1) is 15.0. The second kappa shape index (κ2) is 6.20. The number of benzene rings is 1. The van der Waals surface area contributed by atoms with E-state index in [1.165, 1.54) is 38.5 Å². The molecule has 1 aromatic carbocycles. The minimum Gasteiger partial charge on any atom is -0.497 e. The third kappa shape index (κ3) is 3.96. The van der Waals surface area contributed by atoms with E-state index in [9.17, 15) is 13.2 Å². The van der Waals surface area contributed by atoms with Gasteiger partial charge < -0.3 is 9.47 Å². The number of Topliss-reactive ketones (excluding diaryl/α,β-unsaturated/α-hetero) is 1. The molecule has 1 aromatic rings. The number of nitriles is 1. The highest BCUT2D eigenvalue weighted by molar-refractivity contribution is 7.92. The summed E-state index contributed by atoms with van der Waals surface area (Å²) in [7, 11) is -0.881. The quantitative estimate of drug-likeness (QED) is 0.718. The van der Waals surface area contributed by atoms with Gasteiger partial charge in [0, 0.05) is 6.07 Å². The Bertz CT molecular complexity index is 615. The van der Waals surface area contributed by atoms with E-state index in [0.29, 0.717) is 5.75 Å². The van der Waals surface area contributed by atoms with Crippen LogP contribution in [0.1, 0.15) is 10.4 Å². The first-order valence-corrected chi connectivity index (χ1v) is 7.08. The molecule has 102 valence electrons. The molecular weight excluding hydrogens is 270 g/mol. The van der Waals surface area contributed by atoms with E-state index in [2.05, 4.69) is 0 Å². The van der Waals surface area contributed by atoms with E-state index in [1.54, 1.807) is 0 Å². The maximum Gasteiger partial charge on any atom is 0.181 e. The summed E-state index contributed by atoms with van der Waals surface area (Å²) in [6.45, 7) is 0. The van der Waals surface area contributed by atoms with Gasteiger partial charge in [-0.25, -0.2) is 8.42 Å². The summed E-state index contributed by atoms with van der Waals surface area (Å²) in [5, 5.41) is 8.37. The number of hydrogen-bond acceptors (Lipinski definition) is 6. The molecule has 0 amide bonds. The highest BCUT2D eigenvalue weighted by atomic mass is 32.2. The molecule has 0 aliphatic rings. The summed E-state index contributed by atoms with van der Waals surface area (Å²) in [5.74, 6) is -1.29. The number of carbonyl (C=O) groups excluding carboxylic acids is 1. The molecule has 6 nitrogen and oxygen atoms in total. The molecule has 7 heteroatoms. The molecule has 0 radical (unpaired) electrons. The van der Waals surface area contributed by atoms with E-state index in [1.807, 2.05) is 0 Å². The highest BCUT2D eigenvalue weighted by Crippen LogP contribution is 2.25. The lowest BCUT2D eigenvalue weighted by Crippen LogP contribution is -2.19. The normalized spacial score (nSPS) is 10.6. The van der Waals surface area contributed by atoms with E-state index in [4.69, 9.17) is 14.7 Å². The molecule has 0 saturated carbocycles. The summed E-state index contributed by atoms with van der Waals surface area (Å²) < 4.78 is 32.9. The first-order chi connectivity index (χ1) is 8.93. The molecule has 0 unspecified atom stereocenters. The summed E-state index contributed by atoms with van der Waals surface area (Å²) in [5.41, 5.74) is 0.143. The minimum absolute atomic E-state index is 0.143. The Morgan fingerprint density at radius 3 is 2.53 bits per heavy atom. The minimum atomic E-state index is -3.72. The Labute approximate surface area is 111 Å². The lowest BCUT2D eigenvalue weighted by molar-refractivity contribution is 0.101. The molecule has 0 N–H and O–H groups in total. The van der Waals surface area contributed by atoms with Gasteiger partial charge in [-0.15, -0.1) is 0 Å². The lowest BCUT2D eigenvalue weighted by Gasteiger charge is -2.09. The van der Waals surface area contributed by atoms with Gasteiger partial charge in [-0.2, -0.15) is 5.26 Å². The van der Waals surface area contributed by atoms with Gasteiger partial charge in [0.15, 0.2) is 15.6 Å². The number of rotatable bonds is 6. The predicted octanol–water partition coefficient (Wildman–Crippen LogP) is 0.825. The van der Waals surface area contributed by atoms with Gasteiger partial charge in [-0.3, -0.25) is 4.79 Å². The Balaban J connectivity index is 3.04. The van der Waals surface area contributed by atoms with E-state index in [0.717, 1.165) is 0 Å². The summed E-state index contributed by atoms with van der Waals surface area (Å²) in [4.78, 5) is 11.9. The summed E-state index contributed by atoms with van der Waals surface area (Å²) in [6, 6.07) is 5.98. The average molecular weight is 283 g/mol. The van der Waals surface area contributed by atoms with Gasteiger partial charge in [0.2, 0.25) is 0 Å². The van der Waals surface area contributed by atoms with E-state index >= 15 is 0 Å². The fourth-order valence-corrected chi connectivity index (χ4v) is 2.31. The van der Waals surface area contributed by atoms with E-state index in [-0.39, 0.29) is 11.3 Å². The van der Waals surface area contributed by atoms with Gasteiger partial charge in [0.1, 0.15) is 23.0 Å². The zero-order valence-electron chi connectivity index (χ0n) is 10.5. The average Bonchev–Trinajstić information content (AvgIpc) is 2.37. The molecule has 0 aromatic heterocycles. The summed E-state index contributed by atoms with van der Waals surface area (Å²) in [6.07, 6.45) is 0. The molecule has 0 fully saturated rings. The molecule has 0 bridgehead atoms. The zero-order valence-corrected chi connectivity index (χ0v) is 11.4. The molecule has 19 heavy (non-hydrogen) atoms. The maximum atomic E-state index is 11.9. The smallest absolute Gasteiger partial charge is 0.181 e. The first-order valence-electron chi connectivity index (χ1n) is 5.26.